The predicted octanol–water partition coefficient (Wildman–Crippen LogP) is 3.85. The van der Waals surface area contributed by atoms with Gasteiger partial charge in [0.15, 0.2) is 10.9 Å². The summed E-state index contributed by atoms with van der Waals surface area (Å²) in [5, 5.41) is 12.2. The Hall–Kier alpha value is -1.30. The van der Waals surface area contributed by atoms with Gasteiger partial charge < -0.3 is 10.6 Å². The second-order valence-corrected chi connectivity index (χ2v) is 5.78. The highest BCUT2D eigenvalue weighted by molar-refractivity contribution is 7.80. The highest BCUT2D eigenvalue weighted by Gasteiger charge is 2.07. The molecule has 2 aromatic rings. The molecule has 0 fully saturated rings. The third kappa shape index (κ3) is 4.33. The van der Waals surface area contributed by atoms with E-state index >= 15 is 0 Å². The first-order valence-electron chi connectivity index (χ1n) is 6.53. The van der Waals surface area contributed by atoms with Crippen molar-refractivity contribution in [2.45, 2.75) is 20.4 Å². The Balaban J connectivity index is 2.11. The van der Waals surface area contributed by atoms with Crippen LogP contribution in [0.1, 0.15) is 18.2 Å². The molecule has 1 aromatic heterocycles. The molecule has 21 heavy (non-hydrogen) atoms. The van der Waals surface area contributed by atoms with Crippen molar-refractivity contribution in [3.05, 3.63) is 45.6 Å². The molecule has 4 nitrogen and oxygen atoms in total. The number of anilines is 1. The Morgan fingerprint density at radius 2 is 2.05 bits per heavy atom. The first-order valence-corrected chi connectivity index (χ1v) is 7.69. The number of aromatic nitrogens is 2. The van der Waals surface area contributed by atoms with E-state index in [1.165, 1.54) is 0 Å². The van der Waals surface area contributed by atoms with Crippen LogP contribution in [0.25, 0.3) is 0 Å². The molecule has 7 heteroatoms. The summed E-state index contributed by atoms with van der Waals surface area (Å²) >= 11 is 17.1. The number of hydrogen-bond acceptors (Lipinski definition) is 2. The van der Waals surface area contributed by atoms with E-state index in [1.807, 2.05) is 36.7 Å². The fraction of sp³-hybridized carbons (Fsp3) is 0.286. The van der Waals surface area contributed by atoms with Gasteiger partial charge in [-0.05, 0) is 43.8 Å². The van der Waals surface area contributed by atoms with Gasteiger partial charge in [0.25, 0.3) is 0 Å². The summed E-state index contributed by atoms with van der Waals surface area (Å²) in [4.78, 5) is 0. The van der Waals surface area contributed by atoms with Crippen molar-refractivity contribution in [1.82, 2.24) is 15.1 Å². The lowest BCUT2D eigenvalue weighted by atomic mass is 10.2. The van der Waals surface area contributed by atoms with Crippen molar-refractivity contribution in [3.63, 3.8) is 0 Å². The van der Waals surface area contributed by atoms with Crippen molar-refractivity contribution >= 4 is 46.4 Å². The van der Waals surface area contributed by atoms with Gasteiger partial charge in [0.1, 0.15) is 0 Å². The lowest BCUT2D eigenvalue weighted by Gasteiger charge is -2.07. The van der Waals surface area contributed by atoms with Crippen LogP contribution in [0, 0.1) is 6.92 Å². The topological polar surface area (TPSA) is 41.9 Å². The van der Waals surface area contributed by atoms with Crippen LogP contribution in [-0.4, -0.2) is 21.4 Å². The number of rotatable bonds is 4. The summed E-state index contributed by atoms with van der Waals surface area (Å²) in [6, 6.07) is 7.52. The van der Waals surface area contributed by atoms with Crippen molar-refractivity contribution in [2.24, 2.45) is 0 Å². The van der Waals surface area contributed by atoms with Gasteiger partial charge in [-0.3, -0.25) is 4.68 Å². The Bertz CT molecular complexity index is 654. The van der Waals surface area contributed by atoms with Crippen LogP contribution in [0.2, 0.25) is 10.0 Å². The van der Waals surface area contributed by atoms with Crippen molar-refractivity contribution in [2.75, 3.05) is 11.9 Å². The van der Waals surface area contributed by atoms with Gasteiger partial charge in [-0.1, -0.05) is 29.3 Å². The zero-order valence-corrected chi connectivity index (χ0v) is 14.1. The molecule has 0 radical (unpaired) electrons. The Labute approximate surface area is 139 Å². The second-order valence-electron chi connectivity index (χ2n) is 4.56. The van der Waals surface area contributed by atoms with Crippen LogP contribution < -0.4 is 10.6 Å². The van der Waals surface area contributed by atoms with E-state index in [1.54, 1.807) is 6.07 Å². The van der Waals surface area contributed by atoms with E-state index < -0.39 is 0 Å². The van der Waals surface area contributed by atoms with E-state index in [-0.39, 0.29) is 0 Å². The smallest absolute Gasteiger partial charge is 0.171 e. The maximum absolute atomic E-state index is 6.03. The van der Waals surface area contributed by atoms with Crippen LogP contribution in [0.3, 0.4) is 0 Å². The van der Waals surface area contributed by atoms with Crippen molar-refractivity contribution < 1.29 is 0 Å². The molecule has 0 aliphatic rings. The number of nitrogens with one attached hydrogen (secondary N) is 2. The maximum atomic E-state index is 6.03. The summed E-state index contributed by atoms with van der Waals surface area (Å²) in [7, 11) is 0. The van der Waals surface area contributed by atoms with Crippen LogP contribution in [0.4, 0.5) is 5.82 Å². The van der Waals surface area contributed by atoms with E-state index in [2.05, 4.69) is 15.7 Å². The number of halogens is 2. The lowest BCUT2D eigenvalue weighted by Crippen LogP contribution is -2.28. The number of aryl methyl sites for hydroxylation is 1. The second kappa shape index (κ2) is 7.11. The Kier molecular flexibility index (Phi) is 5.45. The number of nitrogens with zero attached hydrogens (tertiary/aromatic N) is 2. The van der Waals surface area contributed by atoms with E-state index in [9.17, 15) is 0 Å². The van der Waals surface area contributed by atoms with Gasteiger partial charge >= 0.3 is 0 Å². The number of thiocarbonyl (C=S) groups is 1. The van der Waals surface area contributed by atoms with Crippen molar-refractivity contribution in [1.29, 1.82) is 0 Å². The van der Waals surface area contributed by atoms with E-state index in [4.69, 9.17) is 35.4 Å². The van der Waals surface area contributed by atoms with E-state index in [0.717, 1.165) is 23.6 Å². The standard InChI is InChI=1S/C14H16Cl2N4S/c1-3-17-14(21)18-13-6-9(2)20(19-13)8-10-4-5-11(15)12(16)7-10/h4-7H,3,8H2,1-2H3,(H2,17,18,19,21). The van der Waals surface area contributed by atoms with Gasteiger partial charge in [-0.2, -0.15) is 5.10 Å². The third-order valence-electron chi connectivity index (χ3n) is 2.88. The summed E-state index contributed by atoms with van der Waals surface area (Å²) < 4.78 is 1.89. The minimum Gasteiger partial charge on any atom is -0.363 e. The Morgan fingerprint density at radius 3 is 2.71 bits per heavy atom. The molecule has 1 aromatic carbocycles. The zero-order valence-electron chi connectivity index (χ0n) is 11.8. The monoisotopic (exact) mass is 342 g/mol. The van der Waals surface area contributed by atoms with Crippen LogP contribution in [0.15, 0.2) is 24.3 Å². The fourth-order valence-corrected chi connectivity index (χ4v) is 2.43. The first kappa shape index (κ1) is 16.1. The first-order chi connectivity index (χ1) is 9.99. The molecule has 2 N–H and O–H groups in total. The van der Waals surface area contributed by atoms with Gasteiger partial charge in [0.05, 0.1) is 16.6 Å². The largest absolute Gasteiger partial charge is 0.363 e. The predicted molar refractivity (Wildman–Crippen MR) is 92.4 cm³/mol. The van der Waals surface area contributed by atoms with Gasteiger partial charge in [-0.15, -0.1) is 0 Å². The maximum Gasteiger partial charge on any atom is 0.171 e. The zero-order chi connectivity index (χ0) is 15.4. The quantitative estimate of drug-likeness (QED) is 0.828. The molecule has 112 valence electrons. The highest BCUT2D eigenvalue weighted by atomic mass is 35.5. The van der Waals surface area contributed by atoms with Crippen molar-refractivity contribution in [3.8, 4) is 0 Å². The highest BCUT2D eigenvalue weighted by Crippen LogP contribution is 2.23. The summed E-state index contributed by atoms with van der Waals surface area (Å²) in [5.41, 5.74) is 2.07. The average molecular weight is 343 g/mol. The fourth-order valence-electron chi connectivity index (χ4n) is 1.86. The molecule has 0 saturated heterocycles. The van der Waals surface area contributed by atoms with Gasteiger partial charge in [-0.25, -0.2) is 0 Å². The molecule has 0 spiro atoms. The van der Waals surface area contributed by atoms with E-state index in [0.29, 0.717) is 21.7 Å². The lowest BCUT2D eigenvalue weighted by molar-refractivity contribution is 0.668. The molecule has 0 aliphatic carbocycles. The normalized spacial score (nSPS) is 10.5. The van der Waals surface area contributed by atoms with Crippen LogP contribution >= 0.6 is 35.4 Å². The molecule has 0 amide bonds. The molecule has 1 heterocycles. The third-order valence-corrected chi connectivity index (χ3v) is 3.86. The minimum atomic E-state index is 0.547. The number of benzene rings is 1. The average Bonchev–Trinajstić information content (AvgIpc) is 2.74. The summed E-state index contributed by atoms with van der Waals surface area (Å²) in [6.45, 7) is 5.38. The Morgan fingerprint density at radius 1 is 1.29 bits per heavy atom. The molecule has 0 unspecified atom stereocenters. The minimum absolute atomic E-state index is 0.547. The SMILES string of the molecule is CCNC(=S)Nc1cc(C)n(Cc2ccc(Cl)c(Cl)c2)n1. The molecule has 0 aliphatic heterocycles. The number of hydrogen-bond donors (Lipinski definition) is 2. The summed E-state index contributed by atoms with van der Waals surface area (Å²) in [5.74, 6) is 0.721. The van der Waals surface area contributed by atoms with Gasteiger partial charge in [0, 0.05) is 18.3 Å². The van der Waals surface area contributed by atoms with Gasteiger partial charge in [0.2, 0.25) is 0 Å². The van der Waals surface area contributed by atoms with Crippen LogP contribution in [-0.2, 0) is 6.54 Å². The molecule has 0 saturated carbocycles. The molecule has 0 bridgehead atoms. The molecular weight excluding hydrogens is 327 g/mol. The summed E-state index contributed by atoms with van der Waals surface area (Å²) in [6.07, 6.45) is 0. The molecular formula is C14H16Cl2N4S. The molecule has 2 rings (SSSR count). The molecule has 0 atom stereocenters. The van der Waals surface area contributed by atoms with Crippen LogP contribution in [0.5, 0.6) is 0 Å².